The Hall–Kier alpha value is -1.35. The molecule has 0 saturated carbocycles. The molecule has 2 unspecified atom stereocenters. The van der Waals surface area contributed by atoms with Gasteiger partial charge in [-0.05, 0) is 31.9 Å². The maximum absolute atomic E-state index is 12.1. The second-order valence-electron chi connectivity index (χ2n) is 4.11. The molecule has 86 valence electrons. The quantitative estimate of drug-likeness (QED) is 0.734. The van der Waals surface area contributed by atoms with Gasteiger partial charge in [-0.15, -0.1) is 0 Å². The van der Waals surface area contributed by atoms with E-state index in [9.17, 15) is 4.79 Å². The maximum atomic E-state index is 12.1. The van der Waals surface area contributed by atoms with E-state index in [1.807, 2.05) is 19.1 Å². The number of ketones is 1. The van der Waals surface area contributed by atoms with Crippen molar-refractivity contribution in [2.24, 2.45) is 0 Å². The molecule has 1 aliphatic rings. The van der Waals surface area contributed by atoms with Crippen molar-refractivity contribution in [3.05, 3.63) is 29.8 Å². The predicted molar refractivity (Wildman–Crippen MR) is 60.9 cm³/mol. The van der Waals surface area contributed by atoms with Crippen LogP contribution in [0, 0.1) is 0 Å². The fourth-order valence-electron chi connectivity index (χ4n) is 1.96. The molecular weight excluding hydrogens is 204 g/mol. The molecule has 3 nitrogen and oxygen atoms in total. The first kappa shape index (κ1) is 11.1. The average Bonchev–Trinajstić information content (AvgIpc) is 2.75. The first-order chi connectivity index (χ1) is 7.70. The van der Waals surface area contributed by atoms with E-state index in [0.717, 1.165) is 12.8 Å². The molecule has 0 amide bonds. The third-order valence-corrected chi connectivity index (χ3v) is 2.88. The summed E-state index contributed by atoms with van der Waals surface area (Å²) in [5.74, 6) is 0.764. The van der Waals surface area contributed by atoms with Gasteiger partial charge < -0.3 is 9.47 Å². The van der Waals surface area contributed by atoms with Gasteiger partial charge in [0.05, 0.1) is 13.2 Å². The summed E-state index contributed by atoms with van der Waals surface area (Å²) in [5, 5.41) is 0. The lowest BCUT2D eigenvalue weighted by molar-refractivity contribution is 0.0433. The molecule has 0 aromatic heterocycles. The van der Waals surface area contributed by atoms with Crippen LogP contribution < -0.4 is 4.74 Å². The van der Waals surface area contributed by atoms with Gasteiger partial charge >= 0.3 is 0 Å². The zero-order chi connectivity index (χ0) is 11.5. The zero-order valence-electron chi connectivity index (χ0n) is 9.60. The molecule has 1 saturated heterocycles. The van der Waals surface area contributed by atoms with Crippen LogP contribution in [-0.4, -0.2) is 25.1 Å². The van der Waals surface area contributed by atoms with Crippen molar-refractivity contribution >= 4 is 5.78 Å². The van der Waals surface area contributed by atoms with E-state index >= 15 is 0 Å². The molecule has 0 bridgehead atoms. The molecule has 2 atom stereocenters. The summed E-state index contributed by atoms with van der Waals surface area (Å²) in [6, 6.07) is 7.21. The van der Waals surface area contributed by atoms with Gasteiger partial charge in [-0.1, -0.05) is 12.1 Å². The van der Waals surface area contributed by atoms with Crippen molar-refractivity contribution in [3.8, 4) is 5.75 Å². The van der Waals surface area contributed by atoms with Crippen LogP contribution in [0.1, 0.15) is 30.1 Å². The Morgan fingerprint density at radius 3 is 2.88 bits per heavy atom. The topological polar surface area (TPSA) is 35.5 Å². The first-order valence-electron chi connectivity index (χ1n) is 5.54. The molecule has 0 spiro atoms. The van der Waals surface area contributed by atoms with E-state index in [1.54, 1.807) is 19.2 Å². The molecule has 2 rings (SSSR count). The molecule has 0 N–H and O–H groups in total. The minimum atomic E-state index is -0.276. The summed E-state index contributed by atoms with van der Waals surface area (Å²) < 4.78 is 10.7. The third kappa shape index (κ3) is 2.25. The first-order valence-corrected chi connectivity index (χ1v) is 5.54. The second kappa shape index (κ2) is 4.66. The Labute approximate surface area is 95.4 Å². The normalized spacial score (nSPS) is 24.4. The van der Waals surface area contributed by atoms with Crippen molar-refractivity contribution in [2.75, 3.05) is 7.11 Å². The summed E-state index contributed by atoms with van der Waals surface area (Å²) in [6.45, 7) is 2.00. The Bertz CT molecular complexity index is 387. The molecule has 3 heteroatoms. The average molecular weight is 220 g/mol. The number of carbonyl (C=O) groups is 1. The monoisotopic (exact) mass is 220 g/mol. The number of rotatable bonds is 3. The van der Waals surface area contributed by atoms with Gasteiger partial charge in [-0.3, -0.25) is 4.79 Å². The van der Waals surface area contributed by atoms with Gasteiger partial charge in [0.25, 0.3) is 0 Å². The number of hydrogen-bond donors (Lipinski definition) is 0. The van der Waals surface area contributed by atoms with Crippen LogP contribution >= 0.6 is 0 Å². The Balaban J connectivity index is 2.14. The molecular formula is C13H16O3. The van der Waals surface area contributed by atoms with Crippen molar-refractivity contribution < 1.29 is 14.3 Å². The van der Waals surface area contributed by atoms with Crippen molar-refractivity contribution in [3.63, 3.8) is 0 Å². The highest BCUT2D eigenvalue weighted by molar-refractivity contribution is 5.99. The van der Waals surface area contributed by atoms with Crippen molar-refractivity contribution in [2.45, 2.75) is 32.0 Å². The number of benzene rings is 1. The molecule has 1 aromatic rings. The van der Waals surface area contributed by atoms with Crippen molar-refractivity contribution in [1.29, 1.82) is 0 Å². The Morgan fingerprint density at radius 1 is 1.44 bits per heavy atom. The standard InChI is InChI=1S/C13H16O3/c1-9-6-7-12(16-9)13(14)10-4-3-5-11(8-10)15-2/h3-5,8-9,12H,6-7H2,1-2H3. The predicted octanol–water partition coefficient (Wildman–Crippen LogP) is 2.45. The van der Waals surface area contributed by atoms with E-state index in [4.69, 9.17) is 9.47 Å². The zero-order valence-corrected chi connectivity index (χ0v) is 9.60. The van der Waals surface area contributed by atoms with Crippen molar-refractivity contribution in [1.82, 2.24) is 0 Å². The number of ether oxygens (including phenoxy) is 2. The van der Waals surface area contributed by atoms with Gasteiger partial charge in [0, 0.05) is 5.56 Å². The maximum Gasteiger partial charge on any atom is 0.191 e. The molecule has 1 fully saturated rings. The van der Waals surface area contributed by atoms with Crippen LogP contribution in [0.25, 0.3) is 0 Å². The lowest BCUT2D eigenvalue weighted by Gasteiger charge is -2.10. The SMILES string of the molecule is COc1cccc(C(=O)C2CCC(C)O2)c1. The second-order valence-corrected chi connectivity index (χ2v) is 4.11. The lowest BCUT2D eigenvalue weighted by atomic mass is 10.0. The van der Waals surface area contributed by atoms with Gasteiger partial charge in [-0.2, -0.15) is 0 Å². The van der Waals surface area contributed by atoms with E-state index < -0.39 is 0 Å². The molecule has 16 heavy (non-hydrogen) atoms. The van der Waals surface area contributed by atoms with Crippen LogP contribution in [-0.2, 0) is 4.74 Å². The van der Waals surface area contributed by atoms with Crippen LogP contribution in [0.4, 0.5) is 0 Å². The minimum absolute atomic E-state index is 0.0586. The highest BCUT2D eigenvalue weighted by Crippen LogP contribution is 2.23. The summed E-state index contributed by atoms with van der Waals surface area (Å²) in [5.41, 5.74) is 0.665. The van der Waals surface area contributed by atoms with Crippen LogP contribution in [0.2, 0.25) is 0 Å². The number of carbonyl (C=O) groups excluding carboxylic acids is 1. The molecule has 0 aliphatic carbocycles. The summed E-state index contributed by atoms with van der Waals surface area (Å²) in [6.07, 6.45) is 1.69. The third-order valence-electron chi connectivity index (χ3n) is 2.88. The largest absolute Gasteiger partial charge is 0.497 e. The van der Waals surface area contributed by atoms with Crippen LogP contribution in [0.5, 0.6) is 5.75 Å². The highest BCUT2D eigenvalue weighted by Gasteiger charge is 2.28. The van der Waals surface area contributed by atoms with E-state index in [1.165, 1.54) is 0 Å². The Kier molecular flexibility index (Phi) is 3.25. The molecule has 1 aromatic carbocycles. The summed E-state index contributed by atoms with van der Waals surface area (Å²) in [4.78, 5) is 12.1. The molecule has 0 radical (unpaired) electrons. The van der Waals surface area contributed by atoms with Crippen LogP contribution in [0.15, 0.2) is 24.3 Å². The van der Waals surface area contributed by atoms with Gasteiger partial charge in [0.1, 0.15) is 11.9 Å². The summed E-state index contributed by atoms with van der Waals surface area (Å²) >= 11 is 0. The Morgan fingerprint density at radius 2 is 2.25 bits per heavy atom. The lowest BCUT2D eigenvalue weighted by Crippen LogP contribution is -2.20. The number of methoxy groups -OCH3 is 1. The molecule has 1 aliphatic heterocycles. The minimum Gasteiger partial charge on any atom is -0.497 e. The van der Waals surface area contributed by atoms with Crippen LogP contribution in [0.3, 0.4) is 0 Å². The number of hydrogen-bond acceptors (Lipinski definition) is 3. The van der Waals surface area contributed by atoms with Gasteiger partial charge in [0.2, 0.25) is 0 Å². The van der Waals surface area contributed by atoms with E-state index in [-0.39, 0.29) is 18.0 Å². The fourth-order valence-corrected chi connectivity index (χ4v) is 1.96. The van der Waals surface area contributed by atoms with E-state index in [0.29, 0.717) is 11.3 Å². The highest BCUT2D eigenvalue weighted by atomic mass is 16.5. The smallest absolute Gasteiger partial charge is 0.191 e. The van der Waals surface area contributed by atoms with E-state index in [2.05, 4.69) is 0 Å². The summed E-state index contributed by atoms with van der Waals surface area (Å²) in [7, 11) is 1.59. The molecule has 1 heterocycles. The number of Topliss-reactive ketones (excluding diaryl/α,β-unsaturated/α-hetero) is 1. The fraction of sp³-hybridized carbons (Fsp3) is 0.462. The van der Waals surface area contributed by atoms with Gasteiger partial charge in [0.15, 0.2) is 5.78 Å². The van der Waals surface area contributed by atoms with Gasteiger partial charge in [-0.25, -0.2) is 0 Å².